The maximum atomic E-state index is 5.98. The molecule has 0 fully saturated rings. The molecule has 0 aliphatic heterocycles. The average Bonchev–Trinajstić information content (AvgIpc) is 2.20. The first-order chi connectivity index (χ1) is 7.54. The molecule has 0 aromatic heterocycles. The van der Waals surface area contributed by atoms with Gasteiger partial charge in [-0.05, 0) is 43.0 Å². The van der Waals surface area contributed by atoms with Crippen molar-refractivity contribution < 1.29 is 4.74 Å². The van der Waals surface area contributed by atoms with Gasteiger partial charge in [0.25, 0.3) is 0 Å². The highest BCUT2D eigenvalue weighted by Gasteiger charge is 2.11. The fourth-order valence-corrected chi connectivity index (χ4v) is 2.14. The second-order valence-corrected chi connectivity index (χ2v) is 5.47. The van der Waals surface area contributed by atoms with Gasteiger partial charge >= 0.3 is 0 Å². The molecule has 0 N–H and O–H groups in total. The summed E-state index contributed by atoms with van der Waals surface area (Å²) in [7, 11) is 0. The molecule has 2 heteroatoms. The van der Waals surface area contributed by atoms with E-state index in [4.69, 9.17) is 4.74 Å². The third-order valence-electron chi connectivity index (χ3n) is 2.62. The fourth-order valence-electron chi connectivity index (χ4n) is 1.76. The third-order valence-corrected chi connectivity index (χ3v) is 3.11. The summed E-state index contributed by atoms with van der Waals surface area (Å²) in [5.74, 6) is 1.51. The van der Waals surface area contributed by atoms with Crippen molar-refractivity contribution in [2.75, 3.05) is 0 Å². The van der Waals surface area contributed by atoms with Gasteiger partial charge in [-0.2, -0.15) is 0 Å². The zero-order valence-corrected chi connectivity index (χ0v) is 12.2. The van der Waals surface area contributed by atoms with Crippen molar-refractivity contribution >= 4 is 15.9 Å². The van der Waals surface area contributed by atoms with Gasteiger partial charge in [0.15, 0.2) is 0 Å². The van der Waals surface area contributed by atoms with Crippen molar-refractivity contribution in [1.29, 1.82) is 0 Å². The molecule has 1 atom stereocenters. The van der Waals surface area contributed by atoms with E-state index in [1.807, 2.05) is 6.07 Å². The summed E-state index contributed by atoms with van der Waals surface area (Å²) < 4.78 is 7.10. The van der Waals surface area contributed by atoms with E-state index in [0.717, 1.165) is 23.1 Å². The Labute approximate surface area is 107 Å². The van der Waals surface area contributed by atoms with E-state index in [1.165, 1.54) is 5.56 Å². The van der Waals surface area contributed by atoms with Gasteiger partial charge in [-0.15, -0.1) is 0 Å². The molecule has 0 heterocycles. The summed E-state index contributed by atoms with van der Waals surface area (Å²) in [6.45, 7) is 8.71. The zero-order valence-electron chi connectivity index (χ0n) is 10.6. The van der Waals surface area contributed by atoms with Gasteiger partial charge in [0, 0.05) is 4.47 Å². The molecule has 1 unspecified atom stereocenters. The number of halogens is 1. The third kappa shape index (κ3) is 3.82. The molecule has 0 amide bonds. The second kappa shape index (κ2) is 6.29. The van der Waals surface area contributed by atoms with E-state index in [0.29, 0.717) is 12.0 Å². The predicted octanol–water partition coefficient (Wildman–Crippen LogP) is 5.14. The van der Waals surface area contributed by atoms with Crippen LogP contribution in [0, 0.1) is 0 Å². The molecule has 16 heavy (non-hydrogen) atoms. The summed E-state index contributed by atoms with van der Waals surface area (Å²) >= 11 is 3.51. The molecule has 0 bridgehead atoms. The van der Waals surface area contributed by atoms with Gasteiger partial charge in [0.2, 0.25) is 0 Å². The lowest BCUT2D eigenvalue weighted by atomic mass is 10.0. The first-order valence-electron chi connectivity index (χ1n) is 6.00. The van der Waals surface area contributed by atoms with E-state index in [-0.39, 0.29) is 0 Å². The van der Waals surface area contributed by atoms with Crippen molar-refractivity contribution in [1.82, 2.24) is 0 Å². The average molecular weight is 285 g/mol. The molecule has 0 saturated carbocycles. The Hall–Kier alpha value is -0.500. The van der Waals surface area contributed by atoms with Gasteiger partial charge < -0.3 is 4.74 Å². The van der Waals surface area contributed by atoms with Crippen LogP contribution in [0.1, 0.15) is 52.0 Å². The monoisotopic (exact) mass is 284 g/mol. The minimum atomic E-state index is 0.295. The van der Waals surface area contributed by atoms with Crippen LogP contribution in [0.4, 0.5) is 0 Å². The van der Waals surface area contributed by atoms with E-state index in [9.17, 15) is 0 Å². The van der Waals surface area contributed by atoms with Gasteiger partial charge in [0.1, 0.15) is 5.75 Å². The molecule has 0 radical (unpaired) electrons. The Morgan fingerprint density at radius 2 is 1.94 bits per heavy atom. The summed E-state index contributed by atoms with van der Waals surface area (Å²) in [6.07, 6.45) is 2.56. The molecule has 1 rings (SSSR count). The number of rotatable bonds is 5. The molecule has 90 valence electrons. The Kier molecular flexibility index (Phi) is 5.33. The minimum absolute atomic E-state index is 0.295. The van der Waals surface area contributed by atoms with Gasteiger partial charge in [0.05, 0.1) is 6.10 Å². The normalized spacial score (nSPS) is 12.9. The molecular weight excluding hydrogens is 264 g/mol. The Morgan fingerprint density at radius 3 is 2.50 bits per heavy atom. The van der Waals surface area contributed by atoms with Crippen molar-refractivity contribution in [3.8, 4) is 5.75 Å². The van der Waals surface area contributed by atoms with Gasteiger partial charge in [-0.1, -0.05) is 43.1 Å². The molecule has 1 aromatic rings. The number of hydrogen-bond donors (Lipinski definition) is 0. The smallest absolute Gasteiger partial charge is 0.123 e. The topological polar surface area (TPSA) is 9.23 Å². The number of hydrogen-bond acceptors (Lipinski definition) is 1. The van der Waals surface area contributed by atoms with Crippen LogP contribution in [0.2, 0.25) is 0 Å². The van der Waals surface area contributed by atoms with Crippen LogP contribution < -0.4 is 4.74 Å². The van der Waals surface area contributed by atoms with Crippen molar-refractivity contribution in [2.24, 2.45) is 0 Å². The molecular formula is C14H21BrO. The van der Waals surface area contributed by atoms with E-state index in [2.05, 4.69) is 55.8 Å². The highest BCUT2D eigenvalue weighted by molar-refractivity contribution is 9.10. The lowest BCUT2D eigenvalue weighted by Crippen LogP contribution is -2.12. The van der Waals surface area contributed by atoms with E-state index < -0.39 is 0 Å². The van der Waals surface area contributed by atoms with E-state index in [1.54, 1.807) is 0 Å². The summed E-state index contributed by atoms with van der Waals surface area (Å²) in [5, 5.41) is 0. The molecule has 0 aliphatic rings. The van der Waals surface area contributed by atoms with Gasteiger partial charge in [-0.25, -0.2) is 0 Å². The van der Waals surface area contributed by atoms with Crippen molar-refractivity contribution in [3.05, 3.63) is 28.2 Å². The molecule has 0 spiro atoms. The van der Waals surface area contributed by atoms with Crippen LogP contribution in [-0.4, -0.2) is 6.10 Å². The van der Waals surface area contributed by atoms with Gasteiger partial charge in [-0.3, -0.25) is 0 Å². The predicted molar refractivity (Wildman–Crippen MR) is 73.2 cm³/mol. The Balaban J connectivity index is 2.86. The minimum Gasteiger partial charge on any atom is -0.490 e. The van der Waals surface area contributed by atoms with Crippen molar-refractivity contribution in [3.63, 3.8) is 0 Å². The van der Waals surface area contributed by atoms with E-state index >= 15 is 0 Å². The first kappa shape index (κ1) is 13.6. The second-order valence-electron chi connectivity index (χ2n) is 4.55. The van der Waals surface area contributed by atoms with Crippen LogP contribution in [0.15, 0.2) is 22.7 Å². The van der Waals surface area contributed by atoms with Crippen LogP contribution in [0.3, 0.4) is 0 Å². The molecule has 0 saturated heterocycles. The SMILES string of the molecule is CCCC(C)Oc1ccc(Br)cc1C(C)C. The molecule has 1 nitrogen and oxygen atoms in total. The fraction of sp³-hybridized carbons (Fsp3) is 0.571. The summed E-state index contributed by atoms with van der Waals surface area (Å²) in [4.78, 5) is 0. The lowest BCUT2D eigenvalue weighted by Gasteiger charge is -2.19. The highest BCUT2D eigenvalue weighted by Crippen LogP contribution is 2.30. The Morgan fingerprint density at radius 1 is 1.25 bits per heavy atom. The van der Waals surface area contributed by atoms with Crippen LogP contribution in [-0.2, 0) is 0 Å². The highest BCUT2D eigenvalue weighted by atomic mass is 79.9. The maximum absolute atomic E-state index is 5.98. The van der Waals surface area contributed by atoms with Crippen LogP contribution in [0.25, 0.3) is 0 Å². The number of ether oxygens (including phenoxy) is 1. The lowest BCUT2D eigenvalue weighted by molar-refractivity contribution is 0.207. The van der Waals surface area contributed by atoms with Crippen molar-refractivity contribution in [2.45, 2.75) is 52.6 Å². The summed E-state index contributed by atoms with van der Waals surface area (Å²) in [6, 6.07) is 6.25. The molecule has 1 aromatic carbocycles. The number of benzene rings is 1. The van der Waals surface area contributed by atoms with Crippen LogP contribution >= 0.6 is 15.9 Å². The van der Waals surface area contributed by atoms with Crippen LogP contribution in [0.5, 0.6) is 5.75 Å². The zero-order chi connectivity index (χ0) is 12.1. The largest absolute Gasteiger partial charge is 0.490 e. The summed E-state index contributed by atoms with van der Waals surface area (Å²) in [5.41, 5.74) is 1.28. The molecule has 0 aliphatic carbocycles. The quantitative estimate of drug-likeness (QED) is 0.727. The Bertz CT molecular complexity index is 334. The first-order valence-corrected chi connectivity index (χ1v) is 6.80. The standard InChI is InChI=1S/C14H21BrO/c1-5-6-11(4)16-14-8-7-12(15)9-13(14)10(2)3/h7-11H,5-6H2,1-4H3. The maximum Gasteiger partial charge on any atom is 0.123 e.